The third-order valence-electron chi connectivity index (χ3n) is 3.61. The molecule has 7 nitrogen and oxygen atoms in total. The van der Waals surface area contributed by atoms with Gasteiger partial charge in [-0.3, -0.25) is 4.99 Å². The summed E-state index contributed by atoms with van der Waals surface area (Å²) in [6.45, 7) is 5.40. The van der Waals surface area contributed by atoms with Crippen LogP contribution in [-0.4, -0.2) is 28.0 Å². The number of nitrogens with one attached hydrogen (secondary N) is 3. The van der Waals surface area contributed by atoms with Gasteiger partial charge in [-0.15, -0.1) is 0 Å². The van der Waals surface area contributed by atoms with Gasteiger partial charge < -0.3 is 15.1 Å². The first-order chi connectivity index (χ1) is 12.4. The van der Waals surface area contributed by atoms with Gasteiger partial charge >= 0.3 is 0 Å². The zero-order valence-electron chi connectivity index (χ0n) is 15.3. The van der Waals surface area contributed by atoms with Crippen molar-refractivity contribution in [3.8, 4) is 0 Å². The van der Waals surface area contributed by atoms with E-state index >= 15 is 0 Å². The van der Waals surface area contributed by atoms with Crippen LogP contribution >= 0.6 is 0 Å². The Labute approximate surface area is 155 Å². The maximum Gasteiger partial charge on any atom is 0.240 e. The summed E-state index contributed by atoms with van der Waals surface area (Å²) in [5, 5.41) is 6.32. The van der Waals surface area contributed by atoms with Crippen LogP contribution in [0.3, 0.4) is 0 Å². The molecular weight excluding hydrogens is 352 g/mol. The lowest BCUT2D eigenvalue weighted by molar-refractivity contribution is 0.501. The summed E-state index contributed by atoms with van der Waals surface area (Å²) in [6, 6.07) is 10.5. The molecule has 142 valence electrons. The molecule has 26 heavy (non-hydrogen) atoms. The predicted octanol–water partition coefficient (Wildman–Crippen LogP) is 2.08. The lowest BCUT2D eigenvalue weighted by Crippen LogP contribution is -2.36. The lowest BCUT2D eigenvalue weighted by Gasteiger charge is -2.12. The minimum absolute atomic E-state index is 0.258. The lowest BCUT2D eigenvalue weighted by atomic mass is 10.2. The van der Waals surface area contributed by atoms with Crippen LogP contribution in [0, 0.1) is 5.92 Å². The molecule has 0 radical (unpaired) electrons. The fourth-order valence-electron chi connectivity index (χ4n) is 2.14. The molecule has 1 heterocycles. The molecule has 0 bridgehead atoms. The van der Waals surface area contributed by atoms with Gasteiger partial charge in [-0.1, -0.05) is 26.0 Å². The van der Waals surface area contributed by atoms with Gasteiger partial charge in [0.1, 0.15) is 5.76 Å². The Morgan fingerprint density at radius 1 is 1.12 bits per heavy atom. The highest BCUT2D eigenvalue weighted by Gasteiger charge is 2.13. The maximum absolute atomic E-state index is 12.2. The first-order valence-corrected chi connectivity index (χ1v) is 9.94. The van der Waals surface area contributed by atoms with Gasteiger partial charge in [0.15, 0.2) is 5.96 Å². The molecule has 0 unspecified atom stereocenters. The van der Waals surface area contributed by atoms with Gasteiger partial charge in [0.05, 0.1) is 17.7 Å². The van der Waals surface area contributed by atoms with E-state index in [0.717, 1.165) is 11.3 Å². The van der Waals surface area contributed by atoms with Crippen LogP contribution in [0.15, 0.2) is 57.0 Å². The summed E-state index contributed by atoms with van der Waals surface area (Å²) in [5.74, 6) is 1.71. The highest BCUT2D eigenvalue weighted by molar-refractivity contribution is 7.89. The second kappa shape index (κ2) is 9.40. The minimum atomic E-state index is -3.46. The number of benzene rings is 1. The van der Waals surface area contributed by atoms with Crippen LogP contribution in [0.5, 0.6) is 0 Å². The van der Waals surface area contributed by atoms with E-state index in [9.17, 15) is 8.42 Å². The highest BCUT2D eigenvalue weighted by atomic mass is 32.2. The molecule has 0 saturated carbocycles. The van der Waals surface area contributed by atoms with E-state index in [-0.39, 0.29) is 10.8 Å². The zero-order valence-corrected chi connectivity index (χ0v) is 16.1. The molecule has 0 spiro atoms. The van der Waals surface area contributed by atoms with Crippen molar-refractivity contribution in [2.45, 2.75) is 31.8 Å². The summed E-state index contributed by atoms with van der Waals surface area (Å²) < 4.78 is 32.3. The first-order valence-electron chi connectivity index (χ1n) is 8.46. The SMILES string of the molecule is CN=C(NCc1ccc(S(=O)(=O)NCC(C)C)cc1)NCc1ccco1. The third kappa shape index (κ3) is 6.20. The van der Waals surface area contributed by atoms with Gasteiger partial charge in [0, 0.05) is 20.1 Å². The Hall–Kier alpha value is -2.32. The molecule has 1 aromatic carbocycles. The van der Waals surface area contributed by atoms with E-state index in [4.69, 9.17) is 4.42 Å². The molecule has 0 aliphatic carbocycles. The number of guanidine groups is 1. The predicted molar refractivity (Wildman–Crippen MR) is 102 cm³/mol. The van der Waals surface area contributed by atoms with E-state index in [1.807, 2.05) is 26.0 Å². The van der Waals surface area contributed by atoms with Crippen LogP contribution < -0.4 is 15.4 Å². The van der Waals surface area contributed by atoms with E-state index in [0.29, 0.717) is 25.6 Å². The van der Waals surface area contributed by atoms with Crippen molar-refractivity contribution in [2.24, 2.45) is 10.9 Å². The molecule has 0 aliphatic heterocycles. The Morgan fingerprint density at radius 2 is 1.81 bits per heavy atom. The number of rotatable bonds is 8. The number of furan rings is 1. The normalized spacial score (nSPS) is 12.4. The Bertz CT molecular complexity index is 797. The third-order valence-corrected chi connectivity index (χ3v) is 5.05. The van der Waals surface area contributed by atoms with Crippen molar-refractivity contribution in [2.75, 3.05) is 13.6 Å². The largest absolute Gasteiger partial charge is 0.467 e. The Morgan fingerprint density at radius 3 is 2.38 bits per heavy atom. The molecular formula is C18H26N4O3S. The van der Waals surface area contributed by atoms with Crippen LogP contribution in [0.1, 0.15) is 25.2 Å². The van der Waals surface area contributed by atoms with Crippen molar-refractivity contribution in [1.82, 2.24) is 15.4 Å². The summed E-state index contributed by atoms with van der Waals surface area (Å²) in [4.78, 5) is 4.41. The highest BCUT2D eigenvalue weighted by Crippen LogP contribution is 2.11. The van der Waals surface area contributed by atoms with Crippen LogP contribution in [0.2, 0.25) is 0 Å². The van der Waals surface area contributed by atoms with Crippen LogP contribution in [-0.2, 0) is 23.1 Å². The standard InChI is InChI=1S/C18H26N4O3S/c1-14(2)11-22-26(23,24)17-8-6-15(7-9-17)12-20-18(19-3)21-13-16-5-4-10-25-16/h4-10,14,22H,11-13H2,1-3H3,(H2,19,20,21). The summed E-state index contributed by atoms with van der Waals surface area (Å²) in [6.07, 6.45) is 1.62. The Kier molecular flexibility index (Phi) is 7.23. The van der Waals surface area contributed by atoms with Gasteiger partial charge in [-0.25, -0.2) is 13.1 Å². The van der Waals surface area contributed by atoms with E-state index in [1.165, 1.54) is 0 Å². The van der Waals surface area contributed by atoms with Crippen molar-refractivity contribution < 1.29 is 12.8 Å². The number of sulfonamides is 1. The maximum atomic E-state index is 12.2. The second-order valence-electron chi connectivity index (χ2n) is 6.25. The molecule has 0 aliphatic rings. The molecule has 0 fully saturated rings. The second-order valence-corrected chi connectivity index (χ2v) is 8.02. The summed E-state index contributed by atoms with van der Waals surface area (Å²) >= 11 is 0. The fraction of sp³-hybridized carbons (Fsp3) is 0.389. The number of nitrogens with zero attached hydrogens (tertiary/aromatic N) is 1. The molecule has 2 aromatic rings. The quantitative estimate of drug-likeness (QED) is 0.483. The molecule has 0 atom stereocenters. The van der Waals surface area contributed by atoms with Crippen molar-refractivity contribution >= 4 is 16.0 Å². The number of aliphatic imine (C=N–C) groups is 1. The van der Waals surface area contributed by atoms with Gasteiger partial charge in [-0.05, 0) is 35.7 Å². The van der Waals surface area contributed by atoms with E-state index in [1.54, 1.807) is 37.6 Å². The molecule has 3 N–H and O–H groups in total. The molecule has 0 amide bonds. The zero-order chi connectivity index (χ0) is 19.0. The smallest absolute Gasteiger partial charge is 0.240 e. The Balaban J connectivity index is 1.88. The average Bonchev–Trinajstić information content (AvgIpc) is 3.14. The van der Waals surface area contributed by atoms with Crippen LogP contribution in [0.25, 0.3) is 0 Å². The topological polar surface area (TPSA) is 95.7 Å². The molecule has 1 aromatic heterocycles. The summed E-state index contributed by atoms with van der Waals surface area (Å²) in [7, 11) is -1.77. The molecule has 2 rings (SSSR count). The van der Waals surface area contributed by atoms with Crippen molar-refractivity contribution in [3.63, 3.8) is 0 Å². The van der Waals surface area contributed by atoms with Gasteiger partial charge in [-0.2, -0.15) is 0 Å². The van der Waals surface area contributed by atoms with Crippen LogP contribution in [0.4, 0.5) is 0 Å². The van der Waals surface area contributed by atoms with E-state index < -0.39 is 10.0 Å². The average molecular weight is 378 g/mol. The molecule has 0 saturated heterocycles. The summed E-state index contributed by atoms with van der Waals surface area (Å²) in [5.41, 5.74) is 0.953. The van der Waals surface area contributed by atoms with Gasteiger partial charge in [0.25, 0.3) is 0 Å². The fourth-order valence-corrected chi connectivity index (χ4v) is 3.35. The number of hydrogen-bond donors (Lipinski definition) is 3. The monoisotopic (exact) mass is 378 g/mol. The number of hydrogen-bond acceptors (Lipinski definition) is 4. The van der Waals surface area contributed by atoms with Gasteiger partial charge in [0.2, 0.25) is 10.0 Å². The van der Waals surface area contributed by atoms with Crippen molar-refractivity contribution in [3.05, 3.63) is 54.0 Å². The molecule has 8 heteroatoms. The minimum Gasteiger partial charge on any atom is -0.467 e. The van der Waals surface area contributed by atoms with Crippen molar-refractivity contribution in [1.29, 1.82) is 0 Å². The first kappa shape index (κ1) is 20.0. The van der Waals surface area contributed by atoms with E-state index in [2.05, 4.69) is 20.3 Å².